The monoisotopic (exact) mass is 403 g/mol. The van der Waals surface area contributed by atoms with Crippen molar-refractivity contribution in [3.05, 3.63) is 108 Å². The Labute approximate surface area is 178 Å². The second kappa shape index (κ2) is 10.0. The molecule has 1 N–H and O–H groups in total. The summed E-state index contributed by atoms with van der Waals surface area (Å²) in [5, 5.41) is 12.6. The molecule has 3 aromatic carbocycles. The molecule has 0 bridgehead atoms. The largest absolute Gasteiger partial charge is 0.389 e. The van der Waals surface area contributed by atoms with Crippen molar-refractivity contribution in [2.45, 2.75) is 37.1 Å². The number of rotatable bonds is 7. The van der Waals surface area contributed by atoms with E-state index in [1.54, 1.807) is 7.11 Å². The third-order valence-electron chi connectivity index (χ3n) is 5.87. The van der Waals surface area contributed by atoms with Gasteiger partial charge in [-0.05, 0) is 23.1 Å². The van der Waals surface area contributed by atoms with Crippen molar-refractivity contribution in [1.29, 1.82) is 0 Å². The van der Waals surface area contributed by atoms with Gasteiger partial charge in [0.2, 0.25) is 0 Å². The van der Waals surface area contributed by atoms with Gasteiger partial charge in [-0.1, -0.05) is 91.0 Å². The minimum Gasteiger partial charge on any atom is -0.389 e. The summed E-state index contributed by atoms with van der Waals surface area (Å²) >= 11 is 0. The third kappa shape index (κ3) is 4.79. The van der Waals surface area contributed by atoms with Crippen LogP contribution in [-0.4, -0.2) is 42.1 Å². The molecule has 0 unspecified atom stereocenters. The van der Waals surface area contributed by atoms with Gasteiger partial charge in [0.05, 0.1) is 32.0 Å². The SMILES string of the molecule is CON(Cc1ccccc1)[C@@H]1C[C@H](C(c2ccccc2)c2ccccc2)OC[C@H]1O. The summed E-state index contributed by atoms with van der Waals surface area (Å²) in [6.07, 6.45) is 0.0183. The van der Waals surface area contributed by atoms with Crippen LogP contribution in [0.4, 0.5) is 0 Å². The fourth-order valence-electron chi connectivity index (χ4n) is 4.36. The molecule has 3 atom stereocenters. The average Bonchev–Trinajstić information content (AvgIpc) is 2.81. The summed E-state index contributed by atoms with van der Waals surface area (Å²) in [7, 11) is 1.67. The van der Waals surface area contributed by atoms with E-state index < -0.39 is 6.10 Å². The van der Waals surface area contributed by atoms with Crippen LogP contribution in [0.25, 0.3) is 0 Å². The first kappa shape index (κ1) is 20.8. The van der Waals surface area contributed by atoms with Gasteiger partial charge in [-0.2, -0.15) is 5.06 Å². The second-order valence-electron chi connectivity index (χ2n) is 7.78. The molecule has 4 heteroatoms. The van der Waals surface area contributed by atoms with Crippen LogP contribution >= 0.6 is 0 Å². The standard InChI is InChI=1S/C26H29NO3/c1-29-27(18-20-11-5-2-6-12-20)23-17-25(30-19-24(23)28)26(21-13-7-3-8-14-21)22-15-9-4-10-16-22/h2-16,23-26,28H,17-19H2,1H3/t23-,24-,25-/m1/s1. The quantitative estimate of drug-likeness (QED) is 0.594. The smallest absolute Gasteiger partial charge is 0.0952 e. The lowest BCUT2D eigenvalue weighted by Gasteiger charge is -2.41. The average molecular weight is 404 g/mol. The van der Waals surface area contributed by atoms with E-state index in [1.807, 2.05) is 35.4 Å². The molecule has 1 aliphatic heterocycles. The second-order valence-corrected chi connectivity index (χ2v) is 7.78. The van der Waals surface area contributed by atoms with Gasteiger partial charge in [0.25, 0.3) is 0 Å². The highest BCUT2D eigenvalue weighted by Gasteiger charge is 2.39. The van der Waals surface area contributed by atoms with Gasteiger partial charge < -0.3 is 14.7 Å². The highest BCUT2D eigenvalue weighted by molar-refractivity contribution is 5.34. The van der Waals surface area contributed by atoms with Gasteiger partial charge in [0, 0.05) is 12.5 Å². The Balaban J connectivity index is 1.60. The Morgan fingerprint density at radius 1 is 0.900 bits per heavy atom. The number of aliphatic hydroxyl groups excluding tert-OH is 1. The van der Waals surface area contributed by atoms with Gasteiger partial charge in [0.15, 0.2) is 0 Å². The van der Waals surface area contributed by atoms with Gasteiger partial charge in [-0.15, -0.1) is 0 Å². The van der Waals surface area contributed by atoms with E-state index in [-0.39, 0.29) is 18.1 Å². The predicted octanol–water partition coefficient (Wildman–Crippen LogP) is 4.40. The summed E-state index contributed by atoms with van der Waals surface area (Å²) < 4.78 is 6.20. The van der Waals surface area contributed by atoms with Crippen molar-refractivity contribution >= 4 is 0 Å². The lowest BCUT2D eigenvalue weighted by atomic mass is 9.82. The lowest BCUT2D eigenvalue weighted by molar-refractivity contribution is -0.223. The maximum Gasteiger partial charge on any atom is 0.0952 e. The topological polar surface area (TPSA) is 41.9 Å². The van der Waals surface area contributed by atoms with Gasteiger partial charge >= 0.3 is 0 Å². The molecule has 0 aromatic heterocycles. The summed E-state index contributed by atoms with van der Waals surface area (Å²) in [6, 6.07) is 31.0. The zero-order chi connectivity index (χ0) is 20.8. The Morgan fingerprint density at radius 3 is 1.97 bits per heavy atom. The van der Waals surface area contributed by atoms with Gasteiger partial charge in [-0.3, -0.25) is 0 Å². The number of hydrogen-bond donors (Lipinski definition) is 1. The Hall–Kier alpha value is -2.50. The maximum atomic E-state index is 10.7. The van der Waals surface area contributed by atoms with Crippen molar-refractivity contribution in [1.82, 2.24) is 5.06 Å². The van der Waals surface area contributed by atoms with Crippen LogP contribution in [0.15, 0.2) is 91.0 Å². The van der Waals surface area contributed by atoms with E-state index >= 15 is 0 Å². The van der Waals surface area contributed by atoms with E-state index in [9.17, 15) is 5.11 Å². The minimum absolute atomic E-state index is 0.0587. The maximum absolute atomic E-state index is 10.7. The first-order valence-electron chi connectivity index (χ1n) is 10.5. The fourth-order valence-corrected chi connectivity index (χ4v) is 4.36. The zero-order valence-electron chi connectivity index (χ0n) is 17.3. The van der Waals surface area contributed by atoms with Crippen LogP contribution in [0.5, 0.6) is 0 Å². The molecule has 1 saturated heterocycles. The lowest BCUT2D eigenvalue weighted by Crippen LogP contribution is -2.52. The first-order chi connectivity index (χ1) is 14.8. The number of aliphatic hydroxyl groups is 1. The molecular weight excluding hydrogens is 374 g/mol. The first-order valence-corrected chi connectivity index (χ1v) is 10.5. The molecular formula is C26H29NO3. The molecule has 30 heavy (non-hydrogen) atoms. The molecule has 0 aliphatic carbocycles. The normalized spacial score (nSPS) is 21.8. The highest BCUT2D eigenvalue weighted by atomic mass is 16.7. The molecule has 1 aliphatic rings. The predicted molar refractivity (Wildman–Crippen MR) is 118 cm³/mol. The molecule has 0 saturated carbocycles. The summed E-state index contributed by atoms with van der Waals surface area (Å²) in [6.45, 7) is 0.910. The number of ether oxygens (including phenoxy) is 1. The molecule has 0 amide bonds. The van der Waals surface area contributed by atoms with E-state index in [0.717, 1.165) is 5.56 Å². The fraction of sp³-hybridized carbons (Fsp3) is 0.308. The Morgan fingerprint density at radius 2 is 1.43 bits per heavy atom. The highest BCUT2D eigenvalue weighted by Crippen LogP contribution is 2.35. The van der Waals surface area contributed by atoms with Crippen LogP contribution in [0.1, 0.15) is 29.0 Å². The van der Waals surface area contributed by atoms with Crippen LogP contribution in [0, 0.1) is 0 Å². The molecule has 1 fully saturated rings. The van der Waals surface area contributed by atoms with E-state index in [0.29, 0.717) is 19.6 Å². The van der Waals surface area contributed by atoms with Crippen LogP contribution < -0.4 is 0 Å². The molecule has 4 rings (SSSR count). The van der Waals surface area contributed by atoms with Crippen LogP contribution in [0.3, 0.4) is 0 Å². The molecule has 156 valence electrons. The van der Waals surface area contributed by atoms with Crippen molar-refractivity contribution in [2.75, 3.05) is 13.7 Å². The zero-order valence-corrected chi connectivity index (χ0v) is 17.3. The molecule has 1 heterocycles. The number of hydroxylamine groups is 2. The molecule has 0 spiro atoms. The van der Waals surface area contributed by atoms with E-state index in [1.165, 1.54) is 11.1 Å². The minimum atomic E-state index is -0.600. The number of benzene rings is 3. The summed E-state index contributed by atoms with van der Waals surface area (Å²) in [5.41, 5.74) is 3.59. The van der Waals surface area contributed by atoms with Crippen LogP contribution in [0.2, 0.25) is 0 Å². The Bertz CT molecular complexity index is 848. The van der Waals surface area contributed by atoms with E-state index in [4.69, 9.17) is 9.57 Å². The van der Waals surface area contributed by atoms with Crippen molar-refractivity contribution in [2.24, 2.45) is 0 Å². The van der Waals surface area contributed by atoms with E-state index in [2.05, 4.69) is 60.7 Å². The summed E-state index contributed by atoms with van der Waals surface area (Å²) in [4.78, 5) is 5.72. The molecule has 0 radical (unpaired) electrons. The number of hydrogen-bond acceptors (Lipinski definition) is 4. The Kier molecular flexibility index (Phi) is 6.92. The number of nitrogens with zero attached hydrogens (tertiary/aromatic N) is 1. The van der Waals surface area contributed by atoms with Crippen molar-refractivity contribution in [3.63, 3.8) is 0 Å². The third-order valence-corrected chi connectivity index (χ3v) is 5.87. The van der Waals surface area contributed by atoms with Crippen LogP contribution in [-0.2, 0) is 16.1 Å². The molecule has 3 aromatic rings. The van der Waals surface area contributed by atoms with Crippen molar-refractivity contribution < 1.29 is 14.7 Å². The van der Waals surface area contributed by atoms with Gasteiger partial charge in [0.1, 0.15) is 0 Å². The summed E-state index contributed by atoms with van der Waals surface area (Å²) in [5.74, 6) is 0.0952. The van der Waals surface area contributed by atoms with Gasteiger partial charge in [-0.25, -0.2) is 0 Å². The molecule has 4 nitrogen and oxygen atoms in total. The van der Waals surface area contributed by atoms with Crippen molar-refractivity contribution in [3.8, 4) is 0 Å².